The van der Waals surface area contributed by atoms with E-state index in [1.54, 1.807) is 0 Å². The number of rotatable bonds is 6. The van der Waals surface area contributed by atoms with Gasteiger partial charge in [0.2, 0.25) is 0 Å². The number of hydrogen-bond acceptors (Lipinski definition) is 2. The standard InChI is InChI=1S/C16H22N2O/c1-3-13-6-4-7-15(10-13)19-12-14(11-17)16-8-5-9-18(16)2/h4-10,14H,3,11-12,17H2,1-2H3. The summed E-state index contributed by atoms with van der Waals surface area (Å²) in [6.45, 7) is 3.35. The van der Waals surface area contributed by atoms with Gasteiger partial charge in [0.25, 0.3) is 0 Å². The second-order valence-corrected chi connectivity index (χ2v) is 4.79. The quantitative estimate of drug-likeness (QED) is 0.865. The summed E-state index contributed by atoms with van der Waals surface area (Å²) in [6, 6.07) is 12.4. The average Bonchev–Trinajstić information content (AvgIpc) is 2.86. The maximum atomic E-state index is 5.89. The van der Waals surface area contributed by atoms with Crippen molar-refractivity contribution in [3.63, 3.8) is 0 Å². The molecule has 2 N–H and O–H groups in total. The van der Waals surface area contributed by atoms with E-state index < -0.39 is 0 Å². The van der Waals surface area contributed by atoms with Crippen molar-refractivity contribution in [3.05, 3.63) is 53.9 Å². The molecule has 2 rings (SSSR count). The maximum absolute atomic E-state index is 5.89. The van der Waals surface area contributed by atoms with Crippen LogP contribution < -0.4 is 10.5 Å². The molecule has 0 radical (unpaired) electrons. The Labute approximate surface area is 115 Å². The van der Waals surface area contributed by atoms with Gasteiger partial charge in [-0.25, -0.2) is 0 Å². The molecule has 0 saturated carbocycles. The van der Waals surface area contributed by atoms with Crippen LogP contribution in [0, 0.1) is 0 Å². The second-order valence-electron chi connectivity index (χ2n) is 4.79. The van der Waals surface area contributed by atoms with Gasteiger partial charge in [0, 0.05) is 31.4 Å². The summed E-state index contributed by atoms with van der Waals surface area (Å²) in [5, 5.41) is 0. The predicted molar refractivity (Wildman–Crippen MR) is 78.5 cm³/mol. The van der Waals surface area contributed by atoms with Gasteiger partial charge >= 0.3 is 0 Å². The minimum Gasteiger partial charge on any atom is -0.493 e. The molecule has 3 nitrogen and oxygen atoms in total. The molecule has 1 unspecified atom stereocenters. The van der Waals surface area contributed by atoms with Gasteiger partial charge in [-0.05, 0) is 36.2 Å². The van der Waals surface area contributed by atoms with Gasteiger partial charge in [0.1, 0.15) is 5.75 Å². The summed E-state index contributed by atoms with van der Waals surface area (Å²) >= 11 is 0. The number of aryl methyl sites for hydroxylation is 2. The van der Waals surface area contributed by atoms with Crippen LogP contribution in [0.5, 0.6) is 5.75 Å². The van der Waals surface area contributed by atoms with Crippen LogP contribution in [0.3, 0.4) is 0 Å². The van der Waals surface area contributed by atoms with Crippen molar-refractivity contribution in [1.82, 2.24) is 4.57 Å². The molecule has 0 fully saturated rings. The summed E-state index contributed by atoms with van der Waals surface area (Å²) in [7, 11) is 2.04. The molecule has 19 heavy (non-hydrogen) atoms. The van der Waals surface area contributed by atoms with Gasteiger partial charge in [-0.2, -0.15) is 0 Å². The summed E-state index contributed by atoms with van der Waals surface area (Å²) in [5.74, 6) is 1.15. The van der Waals surface area contributed by atoms with Gasteiger partial charge in [0.05, 0.1) is 6.61 Å². The maximum Gasteiger partial charge on any atom is 0.119 e. The van der Waals surface area contributed by atoms with Gasteiger partial charge in [0.15, 0.2) is 0 Å². The Bertz CT molecular complexity index is 519. The van der Waals surface area contributed by atoms with Crippen molar-refractivity contribution < 1.29 is 4.74 Å². The molecule has 3 heteroatoms. The minimum absolute atomic E-state index is 0.227. The molecule has 0 aliphatic carbocycles. The molecule has 1 aromatic heterocycles. The molecular formula is C16H22N2O. The minimum atomic E-state index is 0.227. The molecule has 0 aliphatic rings. The SMILES string of the molecule is CCc1cccc(OCC(CN)c2cccn2C)c1. The van der Waals surface area contributed by atoms with Crippen LogP contribution in [0.15, 0.2) is 42.6 Å². The molecule has 0 spiro atoms. The third-order valence-corrected chi connectivity index (χ3v) is 3.44. The molecule has 0 aliphatic heterocycles. The summed E-state index contributed by atoms with van der Waals surface area (Å²) in [5.41, 5.74) is 8.37. The Hall–Kier alpha value is -1.74. The molecule has 2 aromatic rings. The largest absolute Gasteiger partial charge is 0.493 e. The van der Waals surface area contributed by atoms with Crippen molar-refractivity contribution in [2.45, 2.75) is 19.3 Å². The van der Waals surface area contributed by atoms with E-state index in [9.17, 15) is 0 Å². The van der Waals surface area contributed by atoms with E-state index in [1.165, 1.54) is 11.3 Å². The molecule has 0 amide bonds. The van der Waals surface area contributed by atoms with Crippen LogP contribution in [0.25, 0.3) is 0 Å². The number of aromatic nitrogens is 1. The molecule has 0 bridgehead atoms. The average molecular weight is 258 g/mol. The van der Waals surface area contributed by atoms with Crippen molar-refractivity contribution in [2.75, 3.05) is 13.2 Å². The van der Waals surface area contributed by atoms with E-state index in [0.717, 1.165) is 12.2 Å². The van der Waals surface area contributed by atoms with Gasteiger partial charge in [-0.15, -0.1) is 0 Å². The van der Waals surface area contributed by atoms with Gasteiger partial charge in [-0.1, -0.05) is 19.1 Å². The lowest BCUT2D eigenvalue weighted by molar-refractivity contribution is 0.286. The van der Waals surface area contributed by atoms with Crippen molar-refractivity contribution in [1.29, 1.82) is 0 Å². The zero-order chi connectivity index (χ0) is 13.7. The van der Waals surface area contributed by atoms with Crippen LogP contribution in [0.2, 0.25) is 0 Å². The van der Waals surface area contributed by atoms with Crippen LogP contribution in [-0.4, -0.2) is 17.7 Å². The molecule has 102 valence electrons. The number of nitrogens with two attached hydrogens (primary N) is 1. The third kappa shape index (κ3) is 3.38. The summed E-state index contributed by atoms with van der Waals surface area (Å²) in [6.07, 6.45) is 3.06. The summed E-state index contributed by atoms with van der Waals surface area (Å²) < 4.78 is 7.99. The molecule has 0 saturated heterocycles. The fourth-order valence-electron chi connectivity index (χ4n) is 2.22. The zero-order valence-corrected chi connectivity index (χ0v) is 11.7. The lowest BCUT2D eigenvalue weighted by Gasteiger charge is -2.17. The lowest BCUT2D eigenvalue weighted by Crippen LogP contribution is -2.21. The Balaban J connectivity index is 2.02. The second kappa shape index (κ2) is 6.43. The number of nitrogens with zero attached hydrogens (tertiary/aromatic N) is 1. The Morgan fingerprint density at radius 1 is 1.26 bits per heavy atom. The van der Waals surface area contributed by atoms with E-state index in [2.05, 4.69) is 29.7 Å². The van der Waals surface area contributed by atoms with E-state index in [4.69, 9.17) is 10.5 Å². The van der Waals surface area contributed by atoms with E-state index in [0.29, 0.717) is 13.2 Å². The fraction of sp³-hybridized carbons (Fsp3) is 0.375. The Morgan fingerprint density at radius 3 is 2.74 bits per heavy atom. The van der Waals surface area contributed by atoms with E-state index in [-0.39, 0.29) is 5.92 Å². The highest BCUT2D eigenvalue weighted by molar-refractivity contribution is 5.28. The fourth-order valence-corrected chi connectivity index (χ4v) is 2.22. The Morgan fingerprint density at radius 2 is 2.11 bits per heavy atom. The third-order valence-electron chi connectivity index (χ3n) is 3.44. The van der Waals surface area contributed by atoms with E-state index in [1.807, 2.05) is 31.4 Å². The van der Waals surface area contributed by atoms with Gasteiger partial charge in [-0.3, -0.25) is 0 Å². The highest BCUT2D eigenvalue weighted by Crippen LogP contribution is 2.19. The topological polar surface area (TPSA) is 40.2 Å². The first kappa shape index (κ1) is 13.7. The van der Waals surface area contributed by atoms with Crippen LogP contribution >= 0.6 is 0 Å². The highest BCUT2D eigenvalue weighted by atomic mass is 16.5. The zero-order valence-electron chi connectivity index (χ0n) is 11.7. The van der Waals surface area contributed by atoms with Crippen LogP contribution in [0.1, 0.15) is 24.1 Å². The smallest absolute Gasteiger partial charge is 0.119 e. The number of hydrogen-bond donors (Lipinski definition) is 1. The van der Waals surface area contributed by atoms with Crippen molar-refractivity contribution >= 4 is 0 Å². The molecule has 1 heterocycles. The molecular weight excluding hydrogens is 236 g/mol. The van der Waals surface area contributed by atoms with Gasteiger partial charge < -0.3 is 15.0 Å². The first-order valence-electron chi connectivity index (χ1n) is 6.77. The number of ether oxygens (including phenoxy) is 1. The van der Waals surface area contributed by atoms with Crippen molar-refractivity contribution in [3.8, 4) is 5.75 Å². The number of benzene rings is 1. The Kier molecular flexibility index (Phi) is 4.63. The molecule has 1 aromatic carbocycles. The van der Waals surface area contributed by atoms with Crippen LogP contribution in [0.4, 0.5) is 0 Å². The van der Waals surface area contributed by atoms with E-state index >= 15 is 0 Å². The molecule has 1 atom stereocenters. The summed E-state index contributed by atoms with van der Waals surface area (Å²) in [4.78, 5) is 0. The lowest BCUT2D eigenvalue weighted by atomic mass is 10.1. The monoisotopic (exact) mass is 258 g/mol. The van der Waals surface area contributed by atoms with Crippen molar-refractivity contribution in [2.24, 2.45) is 12.8 Å². The normalized spacial score (nSPS) is 12.4. The predicted octanol–water partition coefficient (Wildman–Crippen LogP) is 2.71. The first-order valence-corrected chi connectivity index (χ1v) is 6.77. The first-order chi connectivity index (χ1) is 9.24. The highest BCUT2D eigenvalue weighted by Gasteiger charge is 2.13. The van der Waals surface area contributed by atoms with Crippen LogP contribution in [-0.2, 0) is 13.5 Å².